The first-order chi connectivity index (χ1) is 14.2. The van der Waals surface area contributed by atoms with E-state index in [2.05, 4.69) is 31.2 Å². The SMILES string of the molecule is COc1ccc(Cc2nc(Br)cnc2NCC2CCCN2C(=O)OC(C)(C)C)cc1. The van der Waals surface area contributed by atoms with E-state index < -0.39 is 5.60 Å². The first kappa shape index (κ1) is 22.3. The molecule has 1 aliphatic heterocycles. The lowest BCUT2D eigenvalue weighted by Crippen LogP contribution is -2.42. The molecule has 1 saturated heterocycles. The van der Waals surface area contributed by atoms with Gasteiger partial charge in [0.1, 0.15) is 21.8 Å². The zero-order chi connectivity index (χ0) is 21.7. The van der Waals surface area contributed by atoms with Crippen LogP contribution in [0.25, 0.3) is 0 Å². The lowest BCUT2D eigenvalue weighted by molar-refractivity contribution is 0.0235. The molecule has 0 aliphatic carbocycles. The maximum absolute atomic E-state index is 12.5. The van der Waals surface area contributed by atoms with Crippen LogP contribution in [-0.2, 0) is 11.2 Å². The second-order valence-electron chi connectivity index (χ2n) is 8.36. The maximum atomic E-state index is 12.5. The van der Waals surface area contributed by atoms with Gasteiger partial charge in [-0.3, -0.25) is 0 Å². The molecule has 1 fully saturated rings. The minimum Gasteiger partial charge on any atom is -0.497 e. The van der Waals surface area contributed by atoms with Crippen LogP contribution < -0.4 is 10.1 Å². The Morgan fingerprint density at radius 2 is 2.03 bits per heavy atom. The van der Waals surface area contributed by atoms with Gasteiger partial charge >= 0.3 is 6.09 Å². The van der Waals surface area contributed by atoms with Crippen molar-refractivity contribution >= 4 is 27.8 Å². The smallest absolute Gasteiger partial charge is 0.410 e. The third kappa shape index (κ3) is 6.08. The van der Waals surface area contributed by atoms with Gasteiger partial charge in [0, 0.05) is 19.5 Å². The molecule has 0 saturated carbocycles. The van der Waals surface area contributed by atoms with Crippen molar-refractivity contribution in [3.63, 3.8) is 0 Å². The second kappa shape index (κ2) is 9.64. The van der Waals surface area contributed by atoms with Gasteiger partial charge in [-0.05, 0) is 67.2 Å². The van der Waals surface area contributed by atoms with Crippen molar-refractivity contribution in [3.8, 4) is 5.75 Å². The molecule has 1 amide bonds. The number of nitrogens with zero attached hydrogens (tertiary/aromatic N) is 3. The van der Waals surface area contributed by atoms with E-state index in [1.54, 1.807) is 13.3 Å². The fourth-order valence-corrected chi connectivity index (χ4v) is 3.75. The summed E-state index contributed by atoms with van der Waals surface area (Å²) >= 11 is 3.42. The summed E-state index contributed by atoms with van der Waals surface area (Å²) in [6.45, 7) is 6.97. The van der Waals surface area contributed by atoms with Crippen LogP contribution in [0.5, 0.6) is 5.75 Å². The first-order valence-corrected chi connectivity index (χ1v) is 10.9. The molecule has 162 valence electrons. The summed E-state index contributed by atoms with van der Waals surface area (Å²) < 4.78 is 11.5. The summed E-state index contributed by atoms with van der Waals surface area (Å²) in [6, 6.07) is 7.98. The number of benzene rings is 1. The Labute approximate surface area is 186 Å². The van der Waals surface area contributed by atoms with Crippen molar-refractivity contribution in [1.29, 1.82) is 0 Å². The summed E-state index contributed by atoms with van der Waals surface area (Å²) in [7, 11) is 1.65. The average molecular weight is 477 g/mol. The van der Waals surface area contributed by atoms with Crippen molar-refractivity contribution in [1.82, 2.24) is 14.9 Å². The number of hydrogen-bond acceptors (Lipinski definition) is 6. The number of rotatable bonds is 6. The third-order valence-electron chi connectivity index (χ3n) is 4.86. The third-order valence-corrected chi connectivity index (χ3v) is 5.24. The number of methoxy groups -OCH3 is 1. The number of aromatic nitrogens is 2. The molecule has 30 heavy (non-hydrogen) atoms. The van der Waals surface area contributed by atoms with Gasteiger partial charge in [-0.25, -0.2) is 14.8 Å². The van der Waals surface area contributed by atoms with Crippen LogP contribution in [0.1, 0.15) is 44.9 Å². The molecule has 8 heteroatoms. The molecule has 2 heterocycles. The van der Waals surface area contributed by atoms with Crippen LogP contribution in [-0.4, -0.2) is 52.8 Å². The number of amides is 1. The monoisotopic (exact) mass is 476 g/mol. The second-order valence-corrected chi connectivity index (χ2v) is 9.18. The quantitative estimate of drug-likeness (QED) is 0.653. The minimum absolute atomic E-state index is 0.0686. The van der Waals surface area contributed by atoms with E-state index in [0.29, 0.717) is 24.1 Å². The fraction of sp³-hybridized carbons (Fsp3) is 0.500. The minimum atomic E-state index is -0.500. The number of carbonyl (C=O) groups excluding carboxylic acids is 1. The van der Waals surface area contributed by atoms with E-state index in [1.165, 1.54) is 0 Å². The maximum Gasteiger partial charge on any atom is 0.410 e. The summed E-state index contributed by atoms with van der Waals surface area (Å²) in [6.07, 6.45) is 3.96. The molecule has 7 nitrogen and oxygen atoms in total. The fourth-order valence-electron chi connectivity index (χ4n) is 3.43. The van der Waals surface area contributed by atoms with E-state index in [1.807, 2.05) is 49.9 Å². The van der Waals surface area contributed by atoms with Crippen LogP contribution in [0.2, 0.25) is 0 Å². The topological polar surface area (TPSA) is 76.6 Å². The lowest BCUT2D eigenvalue weighted by atomic mass is 10.1. The highest BCUT2D eigenvalue weighted by Crippen LogP contribution is 2.23. The normalized spacial score (nSPS) is 16.4. The van der Waals surface area contributed by atoms with Crippen LogP contribution in [0.4, 0.5) is 10.6 Å². The Hall–Kier alpha value is -2.35. The largest absolute Gasteiger partial charge is 0.497 e. The molecule has 0 bridgehead atoms. The average Bonchev–Trinajstić information content (AvgIpc) is 3.15. The van der Waals surface area contributed by atoms with Crippen molar-refractivity contribution in [2.45, 2.75) is 51.7 Å². The van der Waals surface area contributed by atoms with Crippen molar-refractivity contribution in [3.05, 3.63) is 46.3 Å². The molecule has 1 aromatic carbocycles. The summed E-state index contributed by atoms with van der Waals surface area (Å²) in [5, 5.41) is 3.40. The van der Waals surface area contributed by atoms with E-state index in [-0.39, 0.29) is 12.1 Å². The molecule has 0 spiro atoms. The number of nitrogens with one attached hydrogen (secondary N) is 1. The highest BCUT2D eigenvalue weighted by Gasteiger charge is 2.32. The van der Waals surface area contributed by atoms with Crippen molar-refractivity contribution < 1.29 is 14.3 Å². The number of anilines is 1. The van der Waals surface area contributed by atoms with Gasteiger partial charge in [-0.1, -0.05) is 12.1 Å². The Morgan fingerprint density at radius 3 is 2.70 bits per heavy atom. The summed E-state index contributed by atoms with van der Waals surface area (Å²) in [5.41, 5.74) is 1.46. The standard InChI is InChI=1S/C22H29BrN4O3/c1-22(2,3)30-21(28)27-11-5-6-16(27)13-24-20-18(26-19(23)14-25-20)12-15-7-9-17(29-4)10-8-15/h7-10,14,16H,5-6,11-13H2,1-4H3,(H,24,25). The zero-order valence-electron chi connectivity index (χ0n) is 17.9. The van der Waals surface area contributed by atoms with Crippen LogP contribution >= 0.6 is 15.9 Å². The number of halogens is 1. The Bertz CT molecular complexity index is 868. The van der Waals surface area contributed by atoms with Gasteiger partial charge in [0.15, 0.2) is 0 Å². The summed E-state index contributed by atoms with van der Waals surface area (Å²) in [4.78, 5) is 23.5. The van der Waals surface area contributed by atoms with Crippen LogP contribution in [0.3, 0.4) is 0 Å². The van der Waals surface area contributed by atoms with E-state index >= 15 is 0 Å². The van der Waals surface area contributed by atoms with Gasteiger partial charge in [0.2, 0.25) is 0 Å². The highest BCUT2D eigenvalue weighted by molar-refractivity contribution is 9.10. The summed E-state index contributed by atoms with van der Waals surface area (Å²) in [5.74, 6) is 1.55. The Balaban J connectivity index is 1.68. The molecule has 2 aromatic rings. The molecule has 0 radical (unpaired) electrons. The number of ether oxygens (including phenoxy) is 2. The zero-order valence-corrected chi connectivity index (χ0v) is 19.5. The molecule has 1 unspecified atom stereocenters. The molecule has 1 aliphatic rings. The van der Waals surface area contributed by atoms with Crippen LogP contribution in [0.15, 0.2) is 35.1 Å². The Morgan fingerprint density at radius 1 is 1.30 bits per heavy atom. The van der Waals surface area contributed by atoms with E-state index in [4.69, 9.17) is 9.47 Å². The number of carbonyl (C=O) groups is 1. The van der Waals surface area contributed by atoms with Gasteiger partial charge in [0.25, 0.3) is 0 Å². The molecule has 1 N–H and O–H groups in total. The Kier molecular flexibility index (Phi) is 7.18. The first-order valence-electron chi connectivity index (χ1n) is 10.1. The van der Waals surface area contributed by atoms with Gasteiger partial charge < -0.3 is 19.7 Å². The predicted octanol–water partition coefficient (Wildman–Crippen LogP) is 4.65. The predicted molar refractivity (Wildman–Crippen MR) is 120 cm³/mol. The van der Waals surface area contributed by atoms with Crippen molar-refractivity contribution in [2.75, 3.05) is 25.5 Å². The van der Waals surface area contributed by atoms with E-state index in [0.717, 1.165) is 35.7 Å². The molecule has 3 rings (SSSR count). The molecule has 1 aromatic heterocycles. The highest BCUT2D eigenvalue weighted by atomic mass is 79.9. The van der Waals surface area contributed by atoms with Gasteiger partial charge in [0.05, 0.1) is 25.0 Å². The molecular weight excluding hydrogens is 448 g/mol. The van der Waals surface area contributed by atoms with E-state index in [9.17, 15) is 4.79 Å². The number of hydrogen-bond donors (Lipinski definition) is 1. The number of likely N-dealkylation sites (tertiary alicyclic amines) is 1. The van der Waals surface area contributed by atoms with Crippen LogP contribution in [0, 0.1) is 0 Å². The van der Waals surface area contributed by atoms with Gasteiger partial charge in [-0.2, -0.15) is 0 Å². The molecular formula is C22H29BrN4O3. The van der Waals surface area contributed by atoms with Gasteiger partial charge in [-0.15, -0.1) is 0 Å². The molecule has 1 atom stereocenters. The van der Waals surface area contributed by atoms with Crippen molar-refractivity contribution in [2.24, 2.45) is 0 Å². The lowest BCUT2D eigenvalue weighted by Gasteiger charge is -2.29.